The maximum atomic E-state index is 12.7. The highest BCUT2D eigenvalue weighted by atomic mass is 35.5. The number of nitrogens with one attached hydrogen (secondary N) is 1. The highest BCUT2D eigenvalue weighted by Crippen LogP contribution is 2.22. The molecule has 0 radical (unpaired) electrons. The number of carbonyl (C=O) groups is 1. The van der Waals surface area contributed by atoms with Crippen LogP contribution in [0.2, 0.25) is 5.02 Å². The van der Waals surface area contributed by atoms with E-state index in [0.717, 1.165) is 23.0 Å². The molecule has 1 aromatic carbocycles. The van der Waals surface area contributed by atoms with Crippen LogP contribution in [0.4, 0.5) is 0 Å². The Morgan fingerprint density at radius 3 is 2.87 bits per heavy atom. The molecule has 4 rings (SSSR count). The highest BCUT2D eigenvalue weighted by Gasteiger charge is 2.27. The molecule has 10 heteroatoms. The average molecular weight is 445 g/mol. The summed E-state index contributed by atoms with van der Waals surface area (Å²) in [5, 5.41) is 12.4. The standard InChI is InChI=1S/C21H25ClN6O3/c1-14-23-15(2)28(26-14)13-21(29)27-8-10-31-20(12-27)19-11-17(24-25-19)7-9-30-18-5-3-16(22)4-6-18/h3-6,11,20H,7-10,12-13H2,1-2H3,(H,24,25)/t20-/m0/s1. The van der Waals surface area contributed by atoms with Crippen LogP contribution in [-0.2, 0) is 22.5 Å². The Hall–Kier alpha value is -2.91. The first-order valence-corrected chi connectivity index (χ1v) is 10.6. The first kappa shape index (κ1) is 21.3. The van der Waals surface area contributed by atoms with Crippen LogP contribution in [0.5, 0.6) is 5.75 Å². The van der Waals surface area contributed by atoms with Crippen molar-refractivity contribution in [2.75, 3.05) is 26.3 Å². The number of aryl methyl sites for hydroxylation is 2. The Labute approximate surface area is 185 Å². The van der Waals surface area contributed by atoms with Crippen LogP contribution in [0.25, 0.3) is 0 Å². The Balaban J connectivity index is 1.30. The molecule has 0 spiro atoms. The van der Waals surface area contributed by atoms with Crippen molar-refractivity contribution in [1.29, 1.82) is 0 Å². The lowest BCUT2D eigenvalue weighted by atomic mass is 10.2. The quantitative estimate of drug-likeness (QED) is 0.601. The lowest BCUT2D eigenvalue weighted by Crippen LogP contribution is -2.44. The number of hydrogen-bond acceptors (Lipinski definition) is 6. The van der Waals surface area contributed by atoms with Crippen LogP contribution in [-0.4, -0.2) is 62.1 Å². The zero-order valence-electron chi connectivity index (χ0n) is 17.5. The monoisotopic (exact) mass is 444 g/mol. The first-order chi connectivity index (χ1) is 15.0. The van der Waals surface area contributed by atoms with Crippen LogP contribution in [0, 0.1) is 13.8 Å². The molecule has 0 aliphatic carbocycles. The van der Waals surface area contributed by atoms with Gasteiger partial charge >= 0.3 is 0 Å². The molecule has 9 nitrogen and oxygen atoms in total. The second kappa shape index (κ2) is 9.49. The largest absolute Gasteiger partial charge is 0.493 e. The van der Waals surface area contributed by atoms with E-state index in [-0.39, 0.29) is 18.6 Å². The molecule has 31 heavy (non-hydrogen) atoms. The van der Waals surface area contributed by atoms with Gasteiger partial charge in [-0.25, -0.2) is 9.67 Å². The number of amides is 1. The van der Waals surface area contributed by atoms with Crippen molar-refractivity contribution in [3.63, 3.8) is 0 Å². The van der Waals surface area contributed by atoms with E-state index in [4.69, 9.17) is 21.1 Å². The number of benzene rings is 1. The number of aromatic nitrogens is 5. The van der Waals surface area contributed by atoms with Gasteiger partial charge in [-0.2, -0.15) is 10.2 Å². The van der Waals surface area contributed by atoms with Gasteiger partial charge in [-0.05, 0) is 44.2 Å². The summed E-state index contributed by atoms with van der Waals surface area (Å²) in [4.78, 5) is 18.8. The normalized spacial score (nSPS) is 16.5. The summed E-state index contributed by atoms with van der Waals surface area (Å²) in [6.07, 6.45) is 0.411. The van der Waals surface area contributed by atoms with Crippen molar-refractivity contribution < 1.29 is 14.3 Å². The molecule has 1 atom stereocenters. The third kappa shape index (κ3) is 5.42. The van der Waals surface area contributed by atoms with Gasteiger partial charge in [0, 0.05) is 23.7 Å². The van der Waals surface area contributed by atoms with Crippen molar-refractivity contribution in [2.24, 2.45) is 0 Å². The van der Waals surface area contributed by atoms with E-state index in [1.165, 1.54) is 0 Å². The maximum Gasteiger partial charge on any atom is 0.244 e. The lowest BCUT2D eigenvalue weighted by molar-refractivity contribution is -0.140. The molecule has 1 N–H and O–H groups in total. The molecule has 3 aromatic rings. The summed E-state index contributed by atoms with van der Waals surface area (Å²) in [6.45, 7) is 5.81. The number of halogens is 1. The summed E-state index contributed by atoms with van der Waals surface area (Å²) < 4.78 is 13.2. The SMILES string of the molecule is Cc1nc(C)n(CC(=O)N2CCO[C@H](c3cc(CCOc4ccc(Cl)cc4)[nH]n3)C2)n1. The Morgan fingerprint density at radius 1 is 1.32 bits per heavy atom. The molecule has 0 unspecified atom stereocenters. The van der Waals surface area contributed by atoms with E-state index < -0.39 is 0 Å². The van der Waals surface area contributed by atoms with Gasteiger partial charge in [0.1, 0.15) is 30.0 Å². The van der Waals surface area contributed by atoms with E-state index in [2.05, 4.69) is 20.3 Å². The van der Waals surface area contributed by atoms with Gasteiger partial charge in [-0.15, -0.1) is 0 Å². The van der Waals surface area contributed by atoms with Crippen molar-refractivity contribution >= 4 is 17.5 Å². The van der Waals surface area contributed by atoms with E-state index in [1.54, 1.807) is 21.7 Å². The molecule has 1 fully saturated rings. The van der Waals surface area contributed by atoms with Crippen molar-refractivity contribution in [3.05, 3.63) is 58.4 Å². The fourth-order valence-electron chi connectivity index (χ4n) is 3.48. The topological polar surface area (TPSA) is 98.2 Å². The molecule has 1 aliphatic heterocycles. The maximum absolute atomic E-state index is 12.7. The molecule has 1 saturated heterocycles. The Kier molecular flexibility index (Phi) is 6.53. The first-order valence-electron chi connectivity index (χ1n) is 10.2. The van der Waals surface area contributed by atoms with Gasteiger partial charge in [0.05, 0.1) is 25.5 Å². The molecular weight excluding hydrogens is 420 g/mol. The molecule has 0 bridgehead atoms. The van der Waals surface area contributed by atoms with Crippen molar-refractivity contribution in [1.82, 2.24) is 29.9 Å². The fourth-order valence-corrected chi connectivity index (χ4v) is 3.60. The number of rotatable bonds is 7. The van der Waals surface area contributed by atoms with Gasteiger partial charge in [-0.3, -0.25) is 9.89 Å². The van der Waals surface area contributed by atoms with Crippen LogP contribution >= 0.6 is 11.6 Å². The van der Waals surface area contributed by atoms with Crippen LogP contribution in [0.15, 0.2) is 30.3 Å². The predicted octanol–water partition coefficient (Wildman–Crippen LogP) is 2.49. The third-order valence-corrected chi connectivity index (χ3v) is 5.35. The molecule has 3 heterocycles. The van der Waals surface area contributed by atoms with Gasteiger partial charge in [0.25, 0.3) is 0 Å². The molecular formula is C21H25ClN6O3. The Morgan fingerprint density at radius 2 is 2.13 bits per heavy atom. The summed E-state index contributed by atoms with van der Waals surface area (Å²) in [7, 11) is 0. The zero-order valence-corrected chi connectivity index (χ0v) is 18.3. The number of morpholine rings is 1. The Bertz CT molecular complexity index is 1030. The second-order valence-corrected chi connectivity index (χ2v) is 7.87. The van der Waals surface area contributed by atoms with Crippen LogP contribution in [0.1, 0.15) is 29.1 Å². The molecule has 1 amide bonds. The van der Waals surface area contributed by atoms with Crippen molar-refractivity contribution in [2.45, 2.75) is 32.9 Å². The van der Waals surface area contributed by atoms with E-state index in [0.29, 0.717) is 43.6 Å². The zero-order chi connectivity index (χ0) is 21.8. The molecule has 0 saturated carbocycles. The van der Waals surface area contributed by atoms with E-state index in [9.17, 15) is 4.79 Å². The minimum Gasteiger partial charge on any atom is -0.493 e. The summed E-state index contributed by atoms with van der Waals surface area (Å²) in [6, 6.07) is 9.23. The summed E-state index contributed by atoms with van der Waals surface area (Å²) in [5.41, 5.74) is 1.73. The molecule has 2 aromatic heterocycles. The number of nitrogens with zero attached hydrogens (tertiary/aromatic N) is 5. The van der Waals surface area contributed by atoms with E-state index in [1.807, 2.05) is 32.0 Å². The van der Waals surface area contributed by atoms with Gasteiger partial charge < -0.3 is 14.4 Å². The second-order valence-electron chi connectivity index (χ2n) is 7.43. The molecule has 1 aliphatic rings. The van der Waals surface area contributed by atoms with Crippen LogP contribution in [0.3, 0.4) is 0 Å². The van der Waals surface area contributed by atoms with Gasteiger partial charge in [0.15, 0.2) is 0 Å². The summed E-state index contributed by atoms with van der Waals surface area (Å²) >= 11 is 5.88. The minimum absolute atomic E-state index is 0.00609. The van der Waals surface area contributed by atoms with Gasteiger partial charge in [0.2, 0.25) is 5.91 Å². The average Bonchev–Trinajstić information content (AvgIpc) is 3.35. The smallest absolute Gasteiger partial charge is 0.244 e. The minimum atomic E-state index is -0.265. The lowest BCUT2D eigenvalue weighted by Gasteiger charge is -2.32. The number of ether oxygens (including phenoxy) is 2. The van der Waals surface area contributed by atoms with E-state index >= 15 is 0 Å². The van der Waals surface area contributed by atoms with Crippen molar-refractivity contribution in [3.8, 4) is 5.75 Å². The number of H-pyrrole nitrogens is 1. The van der Waals surface area contributed by atoms with Crippen LogP contribution < -0.4 is 4.74 Å². The number of carbonyl (C=O) groups excluding carboxylic acids is 1. The van der Waals surface area contributed by atoms with Gasteiger partial charge in [-0.1, -0.05) is 11.6 Å². The number of hydrogen-bond donors (Lipinski definition) is 1. The fraction of sp³-hybridized carbons (Fsp3) is 0.429. The predicted molar refractivity (Wildman–Crippen MR) is 114 cm³/mol. The highest BCUT2D eigenvalue weighted by molar-refractivity contribution is 6.30. The number of aromatic amines is 1. The molecule has 164 valence electrons. The summed E-state index contributed by atoms with van der Waals surface area (Å²) in [5.74, 6) is 2.16. The third-order valence-electron chi connectivity index (χ3n) is 5.10.